The van der Waals surface area contributed by atoms with E-state index in [1.54, 1.807) is 6.92 Å². The van der Waals surface area contributed by atoms with Crippen LogP contribution in [0.5, 0.6) is 0 Å². The zero-order valence-corrected chi connectivity index (χ0v) is 23.5. The van der Waals surface area contributed by atoms with Crippen molar-refractivity contribution in [2.75, 3.05) is 7.05 Å². The summed E-state index contributed by atoms with van der Waals surface area (Å²) < 4.78 is 12.0. The fourth-order valence-corrected chi connectivity index (χ4v) is 11.6. The molecule has 5 aliphatic carbocycles. The molecule has 0 aromatic rings. The SMILES string of the molecule is CC(=O)C12OC1C[C@@]1(C)[C@@H]3CC[C@H]4C(C)(C)[C@@H](N(C)C(=O)OC(C)(C)C)CC[C@@]45C[C@@]35CC[C@]21C. The highest BCUT2D eigenvalue weighted by Crippen LogP contribution is 2.90. The van der Waals surface area contributed by atoms with E-state index < -0.39 is 11.2 Å². The first-order chi connectivity index (χ1) is 16.0. The number of hydrogen-bond donors (Lipinski definition) is 0. The first-order valence-electron chi connectivity index (χ1n) is 14.2. The molecule has 6 rings (SSSR count). The molecule has 1 aliphatic heterocycles. The Morgan fingerprint density at radius 1 is 0.943 bits per heavy atom. The van der Waals surface area contributed by atoms with Gasteiger partial charge in [0, 0.05) is 18.5 Å². The summed E-state index contributed by atoms with van der Waals surface area (Å²) in [5.41, 5.74) is 0.0566. The molecule has 9 atom stereocenters. The second-order valence-corrected chi connectivity index (χ2v) is 15.5. The smallest absolute Gasteiger partial charge is 0.410 e. The molecule has 5 heteroatoms. The van der Waals surface area contributed by atoms with Crippen molar-refractivity contribution in [2.45, 2.75) is 130 Å². The highest BCUT2D eigenvalue weighted by atomic mass is 16.6. The monoisotopic (exact) mass is 485 g/mol. The van der Waals surface area contributed by atoms with Crippen LogP contribution in [-0.2, 0) is 14.3 Å². The van der Waals surface area contributed by atoms with Crippen molar-refractivity contribution in [1.82, 2.24) is 4.90 Å². The van der Waals surface area contributed by atoms with Gasteiger partial charge in [0.2, 0.25) is 0 Å². The molecule has 5 nitrogen and oxygen atoms in total. The molecule has 0 bridgehead atoms. The summed E-state index contributed by atoms with van der Waals surface area (Å²) in [5.74, 6) is 1.58. The number of ketones is 1. The third-order valence-corrected chi connectivity index (χ3v) is 13.1. The molecule has 6 aliphatic rings. The molecule has 6 fully saturated rings. The molecule has 0 radical (unpaired) electrons. The van der Waals surface area contributed by atoms with Gasteiger partial charge in [0.25, 0.3) is 0 Å². The van der Waals surface area contributed by atoms with Gasteiger partial charge in [-0.05, 0) is 113 Å². The minimum Gasteiger partial charge on any atom is -0.444 e. The summed E-state index contributed by atoms with van der Waals surface area (Å²) in [7, 11) is 1.95. The first-order valence-corrected chi connectivity index (χ1v) is 14.2. The first kappa shape index (κ1) is 24.2. The predicted octanol–water partition coefficient (Wildman–Crippen LogP) is 6.38. The van der Waals surface area contributed by atoms with E-state index in [4.69, 9.17) is 9.47 Å². The zero-order chi connectivity index (χ0) is 25.6. The highest BCUT2D eigenvalue weighted by molar-refractivity contribution is 5.90. The maximum atomic E-state index is 13.0. The van der Waals surface area contributed by atoms with Crippen molar-refractivity contribution in [3.05, 3.63) is 0 Å². The summed E-state index contributed by atoms with van der Waals surface area (Å²) in [6.45, 7) is 17.4. The van der Waals surface area contributed by atoms with Gasteiger partial charge in [-0.25, -0.2) is 4.79 Å². The largest absolute Gasteiger partial charge is 0.444 e. The van der Waals surface area contributed by atoms with Crippen LogP contribution in [0.15, 0.2) is 0 Å². The molecule has 1 amide bonds. The Morgan fingerprint density at radius 2 is 1.57 bits per heavy atom. The third-order valence-electron chi connectivity index (χ3n) is 13.1. The number of amides is 1. The van der Waals surface area contributed by atoms with Gasteiger partial charge in [-0.3, -0.25) is 4.79 Å². The second kappa shape index (κ2) is 6.48. The lowest BCUT2D eigenvalue weighted by Gasteiger charge is -2.64. The van der Waals surface area contributed by atoms with E-state index >= 15 is 0 Å². The van der Waals surface area contributed by atoms with Crippen molar-refractivity contribution in [2.24, 2.45) is 38.9 Å². The Bertz CT molecular complexity index is 999. The van der Waals surface area contributed by atoms with Crippen LogP contribution in [0, 0.1) is 38.9 Å². The van der Waals surface area contributed by atoms with E-state index in [9.17, 15) is 9.59 Å². The third kappa shape index (κ3) is 2.55. The summed E-state index contributed by atoms with van der Waals surface area (Å²) in [6, 6.07) is 0.208. The molecule has 5 saturated carbocycles. The number of carbonyl (C=O) groups is 2. The number of ether oxygens (including phenoxy) is 2. The molecule has 1 saturated heterocycles. The van der Waals surface area contributed by atoms with Crippen molar-refractivity contribution in [3.63, 3.8) is 0 Å². The van der Waals surface area contributed by atoms with E-state index in [0.717, 1.165) is 19.3 Å². The molecule has 2 spiro atoms. The van der Waals surface area contributed by atoms with Gasteiger partial charge < -0.3 is 14.4 Å². The standard InChI is InChI=1S/C30H47NO4/c1-18(32)30-22(34-30)16-26(7)20-11-10-19-25(5,6)21(31(9)23(33)35-24(2,3)4)12-13-28(19)17-29(20,28)15-14-27(26,30)8/h19-22H,10-17H2,1-9H3/t19-,20-,21-,22?,26-,27-,28+,29-,30?/m0/s1. The Balaban J connectivity index is 1.29. The van der Waals surface area contributed by atoms with Gasteiger partial charge in [-0.2, -0.15) is 0 Å². The minimum absolute atomic E-state index is 0.0350. The van der Waals surface area contributed by atoms with E-state index in [2.05, 4.69) is 27.7 Å². The number of nitrogens with zero attached hydrogens (tertiary/aromatic N) is 1. The summed E-state index contributed by atoms with van der Waals surface area (Å²) in [4.78, 5) is 27.8. The molecule has 35 heavy (non-hydrogen) atoms. The summed E-state index contributed by atoms with van der Waals surface area (Å²) in [6.07, 6.45) is 9.51. The predicted molar refractivity (Wildman–Crippen MR) is 135 cm³/mol. The number of fused-ring (bicyclic) bond motifs is 4. The van der Waals surface area contributed by atoms with Crippen LogP contribution in [-0.4, -0.2) is 47.2 Å². The Labute approximate surface area is 212 Å². The average Bonchev–Trinajstić information content (AvgIpc) is 3.59. The lowest BCUT2D eigenvalue weighted by molar-refractivity contribution is -0.174. The van der Waals surface area contributed by atoms with E-state index in [1.807, 2.05) is 32.7 Å². The van der Waals surface area contributed by atoms with Crippen LogP contribution < -0.4 is 0 Å². The quantitative estimate of drug-likeness (QED) is 0.426. The van der Waals surface area contributed by atoms with Gasteiger partial charge >= 0.3 is 6.09 Å². The van der Waals surface area contributed by atoms with Gasteiger partial charge in [-0.15, -0.1) is 0 Å². The van der Waals surface area contributed by atoms with Crippen molar-refractivity contribution < 1.29 is 19.1 Å². The maximum absolute atomic E-state index is 13.0. The van der Waals surface area contributed by atoms with Gasteiger partial charge in [0.1, 0.15) is 5.60 Å². The lowest BCUT2D eigenvalue weighted by Crippen LogP contribution is -2.61. The Kier molecular flexibility index (Phi) is 4.49. The lowest BCUT2D eigenvalue weighted by atomic mass is 9.41. The molecule has 0 aromatic carbocycles. The fourth-order valence-electron chi connectivity index (χ4n) is 11.6. The Hall–Kier alpha value is -1.10. The maximum Gasteiger partial charge on any atom is 0.410 e. The topological polar surface area (TPSA) is 59.1 Å². The summed E-state index contributed by atoms with van der Waals surface area (Å²) in [5, 5.41) is 0. The van der Waals surface area contributed by atoms with Crippen LogP contribution in [0.25, 0.3) is 0 Å². The van der Waals surface area contributed by atoms with Crippen LogP contribution >= 0.6 is 0 Å². The van der Waals surface area contributed by atoms with E-state index in [-0.39, 0.29) is 40.3 Å². The number of Topliss-reactive ketones (excluding diaryl/α,β-unsaturated/α-hetero) is 1. The normalized spacial score (nSPS) is 52.7. The van der Waals surface area contributed by atoms with E-state index in [0.29, 0.717) is 22.7 Å². The van der Waals surface area contributed by atoms with E-state index in [1.165, 1.54) is 32.1 Å². The van der Waals surface area contributed by atoms with Gasteiger partial charge in [0.05, 0.1) is 6.10 Å². The zero-order valence-electron chi connectivity index (χ0n) is 23.5. The van der Waals surface area contributed by atoms with Crippen molar-refractivity contribution in [1.29, 1.82) is 0 Å². The van der Waals surface area contributed by atoms with Crippen LogP contribution in [0.4, 0.5) is 4.79 Å². The van der Waals surface area contributed by atoms with Crippen molar-refractivity contribution >= 4 is 11.9 Å². The second-order valence-electron chi connectivity index (χ2n) is 15.5. The molecule has 2 unspecified atom stereocenters. The van der Waals surface area contributed by atoms with Gasteiger partial charge in [0.15, 0.2) is 11.4 Å². The summed E-state index contributed by atoms with van der Waals surface area (Å²) >= 11 is 0. The Morgan fingerprint density at radius 3 is 2.20 bits per heavy atom. The number of epoxide rings is 1. The van der Waals surface area contributed by atoms with Crippen LogP contribution in [0.1, 0.15) is 107 Å². The molecule has 0 aromatic heterocycles. The van der Waals surface area contributed by atoms with Crippen molar-refractivity contribution in [3.8, 4) is 0 Å². The average molecular weight is 486 g/mol. The highest BCUT2D eigenvalue weighted by Gasteiger charge is 2.88. The fraction of sp³-hybridized carbons (Fsp3) is 0.933. The molecular weight excluding hydrogens is 438 g/mol. The van der Waals surface area contributed by atoms with Crippen LogP contribution in [0.3, 0.4) is 0 Å². The number of rotatable bonds is 2. The number of carbonyl (C=O) groups excluding carboxylic acids is 2. The molecule has 0 N–H and O–H groups in total. The van der Waals surface area contributed by atoms with Gasteiger partial charge in [-0.1, -0.05) is 27.7 Å². The molecular formula is C30H47NO4. The number of hydrogen-bond acceptors (Lipinski definition) is 4. The molecule has 1 heterocycles. The molecule has 196 valence electrons. The minimum atomic E-state index is -0.505. The van der Waals surface area contributed by atoms with Crippen LogP contribution in [0.2, 0.25) is 0 Å².